The third-order valence-electron chi connectivity index (χ3n) is 3.14. The van der Waals surface area contributed by atoms with Crippen LogP contribution < -0.4 is 0 Å². The van der Waals surface area contributed by atoms with Crippen LogP contribution in [0.3, 0.4) is 0 Å². The first-order chi connectivity index (χ1) is 8.75. The number of fused-ring (bicyclic) bond motifs is 1. The number of aromatic nitrogens is 1. The van der Waals surface area contributed by atoms with Crippen LogP contribution in [0.2, 0.25) is 0 Å². The van der Waals surface area contributed by atoms with E-state index in [-0.39, 0.29) is 0 Å². The molecule has 0 saturated heterocycles. The predicted octanol–water partition coefficient (Wildman–Crippen LogP) is 4.97. The normalized spacial score (nSPS) is 10.8. The van der Waals surface area contributed by atoms with E-state index in [4.69, 9.17) is 0 Å². The van der Waals surface area contributed by atoms with E-state index >= 15 is 0 Å². The van der Waals surface area contributed by atoms with Crippen molar-refractivity contribution in [2.45, 2.75) is 6.92 Å². The van der Waals surface area contributed by atoms with Gasteiger partial charge in [0.1, 0.15) is 0 Å². The van der Waals surface area contributed by atoms with Crippen LogP contribution in [0.15, 0.2) is 59.2 Å². The number of nitrogens with zero attached hydrogens (tertiary/aromatic N) is 1. The number of hydrogen-bond acceptors (Lipinski definition) is 1. The Hall–Kier alpha value is -1.67. The van der Waals surface area contributed by atoms with Crippen LogP contribution in [0.1, 0.15) is 5.56 Å². The number of aryl methyl sites for hydroxylation is 1. The Morgan fingerprint density at radius 1 is 0.889 bits per heavy atom. The predicted molar refractivity (Wildman–Crippen MR) is 79.6 cm³/mol. The summed E-state index contributed by atoms with van der Waals surface area (Å²) in [5.41, 5.74) is 3.48. The molecule has 3 aromatic rings. The second kappa shape index (κ2) is 4.54. The first-order valence-electron chi connectivity index (χ1n) is 5.86. The molecule has 1 heterocycles. The van der Waals surface area contributed by atoms with E-state index in [2.05, 4.69) is 64.2 Å². The van der Waals surface area contributed by atoms with Crippen molar-refractivity contribution in [2.24, 2.45) is 0 Å². The van der Waals surface area contributed by atoms with Crippen LogP contribution in [0.5, 0.6) is 0 Å². The minimum absolute atomic E-state index is 1.05. The second-order valence-corrected chi connectivity index (χ2v) is 5.25. The maximum atomic E-state index is 4.53. The van der Waals surface area contributed by atoms with Gasteiger partial charge in [-0.3, -0.25) is 4.98 Å². The van der Waals surface area contributed by atoms with E-state index in [1.54, 1.807) is 0 Å². The zero-order valence-corrected chi connectivity index (χ0v) is 11.6. The molecule has 0 radical (unpaired) electrons. The number of benzene rings is 2. The van der Waals surface area contributed by atoms with Gasteiger partial charge in [0.2, 0.25) is 0 Å². The first-order valence-corrected chi connectivity index (χ1v) is 6.65. The van der Waals surface area contributed by atoms with Crippen molar-refractivity contribution in [1.82, 2.24) is 4.98 Å². The van der Waals surface area contributed by atoms with Crippen LogP contribution in [-0.4, -0.2) is 4.98 Å². The quantitative estimate of drug-likeness (QED) is 0.618. The highest BCUT2D eigenvalue weighted by Gasteiger charge is 2.06. The summed E-state index contributed by atoms with van der Waals surface area (Å²) in [6, 6.07) is 16.7. The molecule has 0 fully saturated rings. The SMILES string of the molecule is Cc1cccc2c(-c3ccc(Br)cc3)nccc12. The van der Waals surface area contributed by atoms with E-state index in [0.29, 0.717) is 0 Å². The molecule has 1 nitrogen and oxygen atoms in total. The molecule has 0 N–H and O–H groups in total. The molecule has 0 aliphatic heterocycles. The Morgan fingerprint density at radius 2 is 1.67 bits per heavy atom. The molecule has 3 rings (SSSR count). The fourth-order valence-corrected chi connectivity index (χ4v) is 2.47. The van der Waals surface area contributed by atoms with E-state index in [1.165, 1.54) is 16.3 Å². The maximum absolute atomic E-state index is 4.53. The van der Waals surface area contributed by atoms with Gasteiger partial charge in [-0.25, -0.2) is 0 Å². The topological polar surface area (TPSA) is 12.9 Å². The van der Waals surface area contributed by atoms with Crippen LogP contribution in [0, 0.1) is 6.92 Å². The van der Waals surface area contributed by atoms with E-state index < -0.39 is 0 Å². The van der Waals surface area contributed by atoms with Gasteiger partial charge in [0, 0.05) is 21.6 Å². The lowest BCUT2D eigenvalue weighted by atomic mass is 10.0. The van der Waals surface area contributed by atoms with Gasteiger partial charge in [-0.2, -0.15) is 0 Å². The molecular formula is C16H12BrN. The molecule has 0 aliphatic carbocycles. The van der Waals surface area contributed by atoms with Gasteiger partial charge in [0.25, 0.3) is 0 Å². The molecule has 1 aromatic heterocycles. The van der Waals surface area contributed by atoms with Gasteiger partial charge in [0.15, 0.2) is 0 Å². The van der Waals surface area contributed by atoms with Crippen molar-refractivity contribution in [3.63, 3.8) is 0 Å². The van der Waals surface area contributed by atoms with Crippen molar-refractivity contribution in [2.75, 3.05) is 0 Å². The molecule has 0 amide bonds. The zero-order chi connectivity index (χ0) is 12.5. The largest absolute Gasteiger partial charge is 0.256 e. The van der Waals surface area contributed by atoms with Crippen molar-refractivity contribution in [3.05, 3.63) is 64.8 Å². The Labute approximate surface area is 115 Å². The molecular weight excluding hydrogens is 286 g/mol. The van der Waals surface area contributed by atoms with Crippen LogP contribution in [-0.2, 0) is 0 Å². The van der Waals surface area contributed by atoms with Crippen LogP contribution in [0.4, 0.5) is 0 Å². The number of hydrogen-bond donors (Lipinski definition) is 0. The summed E-state index contributed by atoms with van der Waals surface area (Å²) < 4.78 is 1.09. The Morgan fingerprint density at radius 3 is 2.44 bits per heavy atom. The average molecular weight is 298 g/mol. The highest BCUT2D eigenvalue weighted by molar-refractivity contribution is 9.10. The fraction of sp³-hybridized carbons (Fsp3) is 0.0625. The molecule has 0 spiro atoms. The van der Waals surface area contributed by atoms with E-state index in [9.17, 15) is 0 Å². The zero-order valence-electron chi connectivity index (χ0n) is 10.0. The number of pyridine rings is 1. The first kappa shape index (κ1) is 11.4. The minimum Gasteiger partial charge on any atom is -0.256 e. The molecule has 2 heteroatoms. The molecule has 2 aromatic carbocycles. The number of rotatable bonds is 1. The highest BCUT2D eigenvalue weighted by atomic mass is 79.9. The fourth-order valence-electron chi connectivity index (χ4n) is 2.20. The van der Waals surface area contributed by atoms with Crippen molar-refractivity contribution < 1.29 is 0 Å². The van der Waals surface area contributed by atoms with Gasteiger partial charge >= 0.3 is 0 Å². The van der Waals surface area contributed by atoms with Crippen molar-refractivity contribution in [3.8, 4) is 11.3 Å². The molecule has 0 atom stereocenters. The number of halogens is 1. The van der Waals surface area contributed by atoms with Crippen molar-refractivity contribution >= 4 is 26.7 Å². The smallest absolute Gasteiger partial charge is 0.0780 e. The lowest BCUT2D eigenvalue weighted by Crippen LogP contribution is -1.87. The van der Waals surface area contributed by atoms with E-state index in [0.717, 1.165) is 15.7 Å². The van der Waals surface area contributed by atoms with Gasteiger partial charge in [-0.15, -0.1) is 0 Å². The lowest BCUT2D eigenvalue weighted by Gasteiger charge is -2.07. The average Bonchev–Trinajstić information content (AvgIpc) is 2.40. The summed E-state index contributed by atoms with van der Waals surface area (Å²) >= 11 is 3.46. The Kier molecular flexibility index (Phi) is 2.88. The highest BCUT2D eigenvalue weighted by Crippen LogP contribution is 2.28. The van der Waals surface area contributed by atoms with Crippen molar-refractivity contribution in [1.29, 1.82) is 0 Å². The van der Waals surface area contributed by atoms with E-state index in [1.807, 2.05) is 18.3 Å². The van der Waals surface area contributed by atoms with Crippen LogP contribution in [0.25, 0.3) is 22.0 Å². The molecule has 18 heavy (non-hydrogen) atoms. The third kappa shape index (κ3) is 1.93. The minimum atomic E-state index is 1.05. The Bertz CT molecular complexity index is 702. The summed E-state index contributed by atoms with van der Waals surface area (Å²) in [5.74, 6) is 0. The van der Waals surface area contributed by atoms with Gasteiger partial charge in [-0.05, 0) is 36.1 Å². The van der Waals surface area contributed by atoms with Gasteiger partial charge in [0.05, 0.1) is 5.69 Å². The summed E-state index contributed by atoms with van der Waals surface area (Å²) in [4.78, 5) is 4.53. The third-order valence-corrected chi connectivity index (χ3v) is 3.67. The standard InChI is InChI=1S/C16H12BrN/c1-11-3-2-4-15-14(11)9-10-18-16(15)12-5-7-13(17)8-6-12/h2-10H,1H3. The summed E-state index contributed by atoms with van der Waals surface area (Å²) in [5, 5.41) is 2.48. The molecule has 0 aliphatic rings. The summed E-state index contributed by atoms with van der Waals surface area (Å²) in [6.07, 6.45) is 1.88. The molecule has 0 bridgehead atoms. The summed E-state index contributed by atoms with van der Waals surface area (Å²) in [6.45, 7) is 2.13. The maximum Gasteiger partial charge on any atom is 0.0780 e. The Balaban J connectivity index is 2.29. The van der Waals surface area contributed by atoms with Gasteiger partial charge in [-0.1, -0.05) is 46.3 Å². The molecule has 0 unspecified atom stereocenters. The van der Waals surface area contributed by atoms with Crippen LogP contribution >= 0.6 is 15.9 Å². The summed E-state index contributed by atoms with van der Waals surface area (Å²) in [7, 11) is 0. The second-order valence-electron chi connectivity index (χ2n) is 4.34. The monoisotopic (exact) mass is 297 g/mol. The molecule has 0 saturated carbocycles. The molecule has 88 valence electrons. The lowest BCUT2D eigenvalue weighted by molar-refractivity contribution is 1.35. The van der Waals surface area contributed by atoms with Gasteiger partial charge < -0.3 is 0 Å².